The number of para-hydroxylation sites is 1. The lowest BCUT2D eigenvalue weighted by molar-refractivity contribution is 0.0955. The van der Waals surface area contributed by atoms with E-state index in [1.54, 1.807) is 24.4 Å². The van der Waals surface area contributed by atoms with Crippen molar-refractivity contribution in [3.63, 3.8) is 0 Å². The molecule has 3 aromatic rings. The van der Waals surface area contributed by atoms with Gasteiger partial charge >= 0.3 is 0 Å². The summed E-state index contributed by atoms with van der Waals surface area (Å²) in [5.41, 5.74) is 2.40. The topological polar surface area (TPSA) is 42.0 Å². The normalized spacial score (nSPS) is 10.6. The summed E-state index contributed by atoms with van der Waals surface area (Å²) >= 11 is 0. The Bertz CT molecular complexity index is 794. The number of nitrogens with zero attached hydrogens (tertiary/aromatic N) is 1. The maximum atomic E-state index is 12.8. The third kappa shape index (κ3) is 3.11. The Hall–Kier alpha value is -2.75. The molecule has 1 amide bonds. The minimum Gasteiger partial charge on any atom is -0.352 e. The Morgan fingerprint density at radius 1 is 1.05 bits per heavy atom. The van der Waals surface area contributed by atoms with Gasteiger partial charge in [-0.15, -0.1) is 0 Å². The lowest BCUT2D eigenvalue weighted by Crippen LogP contribution is -2.25. The SMILES string of the molecule is O=C(NCCc1ccc(F)cc1)c1ccnc2ccccc12. The van der Waals surface area contributed by atoms with Gasteiger partial charge in [-0.25, -0.2) is 4.39 Å². The van der Waals surface area contributed by atoms with Crippen molar-refractivity contribution >= 4 is 16.8 Å². The van der Waals surface area contributed by atoms with Crippen LogP contribution in [-0.4, -0.2) is 17.4 Å². The zero-order chi connectivity index (χ0) is 15.4. The Morgan fingerprint density at radius 3 is 2.64 bits per heavy atom. The van der Waals surface area contributed by atoms with Crippen molar-refractivity contribution in [3.8, 4) is 0 Å². The van der Waals surface area contributed by atoms with Gasteiger partial charge in [-0.2, -0.15) is 0 Å². The number of benzene rings is 2. The van der Waals surface area contributed by atoms with Crippen molar-refractivity contribution < 1.29 is 9.18 Å². The average molecular weight is 294 g/mol. The molecule has 110 valence electrons. The van der Waals surface area contributed by atoms with Gasteiger partial charge in [0.2, 0.25) is 0 Å². The third-order valence-corrected chi connectivity index (χ3v) is 3.51. The first-order valence-electron chi connectivity index (χ1n) is 7.10. The third-order valence-electron chi connectivity index (χ3n) is 3.51. The quantitative estimate of drug-likeness (QED) is 0.802. The summed E-state index contributed by atoms with van der Waals surface area (Å²) in [5.74, 6) is -0.378. The van der Waals surface area contributed by atoms with E-state index in [9.17, 15) is 9.18 Å². The number of amides is 1. The van der Waals surface area contributed by atoms with Crippen LogP contribution in [0.3, 0.4) is 0 Å². The fourth-order valence-corrected chi connectivity index (χ4v) is 2.36. The number of hydrogen-bond donors (Lipinski definition) is 1. The van der Waals surface area contributed by atoms with Crippen LogP contribution in [0.15, 0.2) is 60.8 Å². The Morgan fingerprint density at radius 2 is 1.82 bits per heavy atom. The van der Waals surface area contributed by atoms with Crippen LogP contribution in [0.25, 0.3) is 10.9 Å². The lowest BCUT2D eigenvalue weighted by Gasteiger charge is -2.08. The van der Waals surface area contributed by atoms with Crippen LogP contribution in [0.4, 0.5) is 4.39 Å². The van der Waals surface area contributed by atoms with Gasteiger partial charge in [-0.05, 0) is 36.2 Å². The molecule has 1 N–H and O–H groups in total. The van der Waals surface area contributed by atoms with Crippen molar-refractivity contribution in [1.82, 2.24) is 10.3 Å². The van der Waals surface area contributed by atoms with Gasteiger partial charge < -0.3 is 5.32 Å². The molecule has 3 rings (SSSR count). The summed E-state index contributed by atoms with van der Waals surface area (Å²) in [6.07, 6.45) is 2.30. The van der Waals surface area contributed by atoms with Gasteiger partial charge in [0.25, 0.3) is 5.91 Å². The van der Waals surface area contributed by atoms with E-state index in [2.05, 4.69) is 10.3 Å². The number of rotatable bonds is 4. The first kappa shape index (κ1) is 14.2. The molecule has 0 bridgehead atoms. The molecule has 3 nitrogen and oxygen atoms in total. The van der Waals surface area contributed by atoms with E-state index in [4.69, 9.17) is 0 Å². The molecule has 22 heavy (non-hydrogen) atoms. The van der Waals surface area contributed by atoms with Gasteiger partial charge in [0.15, 0.2) is 0 Å². The number of aromatic nitrogens is 1. The van der Waals surface area contributed by atoms with E-state index in [1.165, 1.54) is 12.1 Å². The molecule has 1 aromatic heterocycles. The molecule has 2 aromatic carbocycles. The molecule has 0 aliphatic heterocycles. The smallest absolute Gasteiger partial charge is 0.252 e. The minimum atomic E-state index is -0.254. The zero-order valence-electron chi connectivity index (χ0n) is 11.9. The number of carbonyl (C=O) groups excluding carboxylic acids is 1. The van der Waals surface area contributed by atoms with Crippen LogP contribution in [0.2, 0.25) is 0 Å². The van der Waals surface area contributed by atoms with E-state index in [-0.39, 0.29) is 11.7 Å². The van der Waals surface area contributed by atoms with Gasteiger partial charge in [0, 0.05) is 18.1 Å². The molecule has 0 aliphatic rings. The number of pyridine rings is 1. The highest BCUT2D eigenvalue weighted by atomic mass is 19.1. The van der Waals surface area contributed by atoms with Gasteiger partial charge in [-0.3, -0.25) is 9.78 Å². The molecular formula is C18H15FN2O. The Labute approximate surface area is 127 Å². The van der Waals surface area contributed by atoms with Crippen molar-refractivity contribution in [2.75, 3.05) is 6.54 Å². The van der Waals surface area contributed by atoms with Gasteiger partial charge in [-0.1, -0.05) is 30.3 Å². The first-order valence-corrected chi connectivity index (χ1v) is 7.10. The standard InChI is InChI=1S/C18H15FN2O/c19-14-7-5-13(6-8-14)9-11-21-18(22)16-10-12-20-17-4-2-1-3-15(16)17/h1-8,10,12H,9,11H2,(H,21,22). The van der Waals surface area contributed by atoms with Crippen LogP contribution in [0.5, 0.6) is 0 Å². The average Bonchev–Trinajstić information content (AvgIpc) is 2.56. The molecular weight excluding hydrogens is 279 g/mol. The maximum Gasteiger partial charge on any atom is 0.252 e. The van der Waals surface area contributed by atoms with E-state index < -0.39 is 0 Å². The fourth-order valence-electron chi connectivity index (χ4n) is 2.36. The van der Waals surface area contributed by atoms with Crippen molar-refractivity contribution in [1.29, 1.82) is 0 Å². The number of hydrogen-bond acceptors (Lipinski definition) is 2. The van der Waals surface area contributed by atoms with Crippen molar-refractivity contribution in [3.05, 3.63) is 77.7 Å². The summed E-state index contributed by atoms with van der Waals surface area (Å²) in [5, 5.41) is 3.73. The minimum absolute atomic E-state index is 0.124. The summed E-state index contributed by atoms with van der Waals surface area (Å²) in [6, 6.07) is 15.6. The van der Waals surface area contributed by atoms with Gasteiger partial charge in [0.1, 0.15) is 5.82 Å². The molecule has 0 fully saturated rings. The van der Waals surface area contributed by atoms with Crippen LogP contribution in [-0.2, 0) is 6.42 Å². The summed E-state index contributed by atoms with van der Waals surface area (Å²) in [6.45, 7) is 0.501. The van der Waals surface area contributed by atoms with E-state index in [0.717, 1.165) is 16.5 Å². The van der Waals surface area contributed by atoms with E-state index in [1.807, 2.05) is 24.3 Å². The van der Waals surface area contributed by atoms with E-state index in [0.29, 0.717) is 18.5 Å². The largest absolute Gasteiger partial charge is 0.352 e. The predicted molar refractivity (Wildman–Crippen MR) is 84.2 cm³/mol. The van der Waals surface area contributed by atoms with Gasteiger partial charge in [0.05, 0.1) is 11.1 Å². The highest BCUT2D eigenvalue weighted by Gasteiger charge is 2.09. The zero-order valence-corrected chi connectivity index (χ0v) is 11.9. The van der Waals surface area contributed by atoms with Crippen molar-refractivity contribution in [2.45, 2.75) is 6.42 Å². The fraction of sp³-hybridized carbons (Fsp3) is 0.111. The maximum absolute atomic E-state index is 12.8. The number of halogens is 1. The Balaban J connectivity index is 1.67. The summed E-state index contributed by atoms with van der Waals surface area (Å²) in [4.78, 5) is 16.5. The lowest BCUT2D eigenvalue weighted by atomic mass is 10.1. The van der Waals surface area contributed by atoms with Crippen LogP contribution in [0.1, 0.15) is 15.9 Å². The molecule has 0 saturated carbocycles. The highest BCUT2D eigenvalue weighted by Crippen LogP contribution is 2.15. The second kappa shape index (κ2) is 6.35. The molecule has 0 aliphatic carbocycles. The summed E-state index contributed by atoms with van der Waals surface area (Å²) in [7, 11) is 0. The molecule has 0 spiro atoms. The number of nitrogens with one attached hydrogen (secondary N) is 1. The summed E-state index contributed by atoms with van der Waals surface area (Å²) < 4.78 is 12.8. The molecule has 0 saturated heterocycles. The van der Waals surface area contributed by atoms with Crippen molar-refractivity contribution in [2.24, 2.45) is 0 Å². The Kier molecular flexibility index (Phi) is 4.10. The second-order valence-electron chi connectivity index (χ2n) is 5.01. The molecule has 0 unspecified atom stereocenters. The van der Waals surface area contributed by atoms with Crippen LogP contribution < -0.4 is 5.32 Å². The number of fused-ring (bicyclic) bond motifs is 1. The molecule has 0 radical (unpaired) electrons. The first-order chi connectivity index (χ1) is 10.7. The van der Waals surface area contributed by atoms with E-state index >= 15 is 0 Å². The van der Waals surface area contributed by atoms with Crippen LogP contribution in [0, 0.1) is 5.82 Å². The predicted octanol–water partition coefficient (Wildman–Crippen LogP) is 3.35. The monoisotopic (exact) mass is 294 g/mol. The van der Waals surface area contributed by atoms with Crippen LogP contribution >= 0.6 is 0 Å². The number of carbonyl (C=O) groups is 1. The molecule has 1 heterocycles. The molecule has 4 heteroatoms. The highest BCUT2D eigenvalue weighted by molar-refractivity contribution is 6.05. The molecule has 0 atom stereocenters. The second-order valence-corrected chi connectivity index (χ2v) is 5.01.